The molecule has 0 saturated heterocycles. The zero-order valence-electron chi connectivity index (χ0n) is 25.5. The van der Waals surface area contributed by atoms with E-state index in [0.717, 1.165) is 12.1 Å². The Labute approximate surface area is 220 Å². The molecule has 0 spiro atoms. The number of hydrogen-bond acceptors (Lipinski definition) is 7. The van der Waals surface area contributed by atoms with Crippen molar-refractivity contribution in [3.8, 4) is 0 Å². The van der Waals surface area contributed by atoms with Crippen LogP contribution in [-0.2, 0) is 31.3 Å². The fourth-order valence-electron chi connectivity index (χ4n) is 3.58. The molecule has 0 radical (unpaired) electrons. The largest absolute Gasteiger partial charge is 0.415 e. The number of hydrogen-bond donors (Lipinski definition) is 0. The molecule has 0 rings (SSSR count). The zero-order chi connectivity index (χ0) is 27.6. The highest BCUT2D eigenvalue weighted by Gasteiger charge is 2.48. The van der Waals surface area contributed by atoms with E-state index in [1.807, 2.05) is 13.8 Å². The normalized spacial score (nSPS) is 18.7. The Morgan fingerprint density at radius 1 is 0.457 bits per heavy atom. The fourth-order valence-corrected chi connectivity index (χ4v) is 16.5. The van der Waals surface area contributed by atoms with Gasteiger partial charge < -0.3 is 31.3 Å². The Kier molecular flexibility index (Phi) is 14.7. The van der Waals surface area contributed by atoms with Gasteiger partial charge >= 0.3 is 25.7 Å². The van der Waals surface area contributed by atoms with Crippen molar-refractivity contribution in [2.75, 3.05) is 33.0 Å². The Hall–Kier alpha value is 0.371. The molecule has 7 nitrogen and oxygen atoms in total. The summed E-state index contributed by atoms with van der Waals surface area (Å²) in [5.41, 5.74) is -0.628. The highest BCUT2D eigenvalue weighted by molar-refractivity contribution is 6.85. The van der Waals surface area contributed by atoms with Crippen LogP contribution in [0.1, 0.15) is 76.2 Å². The Bertz CT molecular complexity index is 549. The van der Waals surface area contributed by atoms with Crippen LogP contribution >= 0.6 is 0 Å². The lowest BCUT2D eigenvalue weighted by molar-refractivity contribution is 0.000448. The maximum atomic E-state index is 6.97. The molecule has 10 heteroatoms. The summed E-state index contributed by atoms with van der Waals surface area (Å²) in [4.78, 5) is 0. The van der Waals surface area contributed by atoms with Gasteiger partial charge in [0.05, 0.1) is 16.8 Å². The minimum absolute atomic E-state index is 0.202. The van der Waals surface area contributed by atoms with Gasteiger partial charge in [0.25, 0.3) is 0 Å². The molecule has 0 aliphatic carbocycles. The lowest BCUT2D eigenvalue weighted by atomic mass is 10.2. The molecule has 2 unspecified atom stereocenters. The second kappa shape index (κ2) is 14.5. The van der Waals surface area contributed by atoms with E-state index >= 15 is 0 Å². The van der Waals surface area contributed by atoms with Gasteiger partial charge in [-0.15, -0.1) is 0 Å². The van der Waals surface area contributed by atoms with Gasteiger partial charge in [0.1, 0.15) is 0 Å². The van der Waals surface area contributed by atoms with Gasteiger partial charge in [-0.25, -0.2) is 0 Å². The molecule has 0 heterocycles. The first kappa shape index (κ1) is 35.4. The van der Waals surface area contributed by atoms with Crippen molar-refractivity contribution in [2.45, 2.75) is 131 Å². The molecule has 2 atom stereocenters. The molecule has 35 heavy (non-hydrogen) atoms. The third kappa shape index (κ3) is 18.3. The van der Waals surface area contributed by atoms with Crippen LogP contribution in [0.3, 0.4) is 0 Å². The second-order valence-corrected chi connectivity index (χ2v) is 23.1. The van der Waals surface area contributed by atoms with Crippen molar-refractivity contribution in [1.29, 1.82) is 0 Å². The molecule has 0 fully saturated rings. The Morgan fingerprint density at radius 2 is 0.714 bits per heavy atom. The van der Waals surface area contributed by atoms with Crippen molar-refractivity contribution < 1.29 is 31.3 Å². The van der Waals surface area contributed by atoms with Crippen molar-refractivity contribution in [3.63, 3.8) is 0 Å². The van der Waals surface area contributed by atoms with Crippen LogP contribution in [0.25, 0.3) is 0 Å². The molecule has 0 aromatic rings. The molecule has 0 aliphatic heterocycles. The van der Waals surface area contributed by atoms with Crippen LogP contribution < -0.4 is 0 Å². The van der Waals surface area contributed by atoms with Crippen LogP contribution in [0.5, 0.6) is 0 Å². The van der Waals surface area contributed by atoms with E-state index in [1.54, 1.807) is 0 Å². The first-order valence-electron chi connectivity index (χ1n) is 13.3. The summed E-state index contributed by atoms with van der Waals surface area (Å²) < 4.78 is 44.7. The topological polar surface area (TPSA) is 64.6 Å². The van der Waals surface area contributed by atoms with Gasteiger partial charge in [0.2, 0.25) is 0 Å². The predicted octanol–water partition coefficient (Wildman–Crippen LogP) is 6.75. The van der Waals surface area contributed by atoms with E-state index < -0.39 is 25.7 Å². The Morgan fingerprint density at radius 3 is 0.943 bits per heavy atom. The maximum Gasteiger partial charge on any atom is 0.328 e. The molecule has 0 bridgehead atoms. The van der Waals surface area contributed by atoms with E-state index in [0.29, 0.717) is 39.1 Å². The lowest BCUT2D eigenvalue weighted by Crippen LogP contribution is -2.59. The molecule has 0 aromatic carbocycles. The summed E-state index contributed by atoms with van der Waals surface area (Å²) in [7, 11) is -7.89. The average molecular weight is 555 g/mol. The van der Waals surface area contributed by atoms with Crippen LogP contribution in [0.2, 0.25) is 37.8 Å². The quantitative estimate of drug-likeness (QED) is 0.184. The van der Waals surface area contributed by atoms with Gasteiger partial charge in [0.15, 0.2) is 0 Å². The predicted molar refractivity (Wildman–Crippen MR) is 152 cm³/mol. The molecular formula is C25H58O7Si3. The van der Waals surface area contributed by atoms with Crippen LogP contribution in [0, 0.1) is 0 Å². The summed E-state index contributed by atoms with van der Waals surface area (Å²) >= 11 is 0. The first-order valence-corrected chi connectivity index (χ1v) is 20.8. The van der Waals surface area contributed by atoms with Gasteiger partial charge in [-0.1, -0.05) is 0 Å². The fraction of sp³-hybridized carbons (Fsp3) is 1.00. The zero-order valence-corrected chi connectivity index (χ0v) is 28.5. The smallest absolute Gasteiger partial charge is 0.328 e. The third-order valence-electron chi connectivity index (χ3n) is 5.04. The minimum Gasteiger partial charge on any atom is -0.415 e. The highest BCUT2D eigenvalue weighted by Crippen LogP contribution is 2.30. The van der Waals surface area contributed by atoms with Crippen molar-refractivity contribution in [2.24, 2.45) is 0 Å². The van der Waals surface area contributed by atoms with E-state index in [9.17, 15) is 0 Å². The Balaban J connectivity index is 5.78. The van der Waals surface area contributed by atoms with E-state index in [4.69, 9.17) is 31.3 Å². The summed E-state index contributed by atoms with van der Waals surface area (Å²) in [6, 6.07) is 2.18. The van der Waals surface area contributed by atoms with E-state index in [1.165, 1.54) is 0 Å². The van der Waals surface area contributed by atoms with Gasteiger partial charge in [-0.2, -0.15) is 0 Å². The summed E-state index contributed by atoms with van der Waals surface area (Å²) in [6.45, 7) is 32.0. The van der Waals surface area contributed by atoms with Crippen molar-refractivity contribution >= 4 is 25.7 Å². The number of rotatable bonds is 17. The SMILES string of the molecule is CCO[Si](C)(CCOC(C)(C)C)O[Si](C)(CCOC(C)(C)C)O[Si](C)(CCOC(C)(C)C)OCC. The molecule has 0 aliphatic rings. The van der Waals surface area contributed by atoms with Crippen LogP contribution in [0.4, 0.5) is 0 Å². The van der Waals surface area contributed by atoms with Crippen LogP contribution in [-0.4, -0.2) is 75.5 Å². The van der Waals surface area contributed by atoms with E-state index in [-0.39, 0.29) is 16.8 Å². The maximum absolute atomic E-state index is 6.97. The molecule has 212 valence electrons. The molecular weight excluding hydrogens is 497 g/mol. The van der Waals surface area contributed by atoms with Crippen molar-refractivity contribution in [3.05, 3.63) is 0 Å². The van der Waals surface area contributed by atoms with Crippen LogP contribution in [0.15, 0.2) is 0 Å². The van der Waals surface area contributed by atoms with Gasteiger partial charge in [-0.3, -0.25) is 0 Å². The minimum atomic E-state index is -2.75. The number of ether oxygens (including phenoxy) is 3. The van der Waals surface area contributed by atoms with Gasteiger partial charge in [-0.05, 0) is 95.8 Å². The molecule has 0 aromatic heterocycles. The van der Waals surface area contributed by atoms with Crippen molar-refractivity contribution in [1.82, 2.24) is 0 Å². The average Bonchev–Trinajstić information content (AvgIpc) is 2.57. The molecule has 0 saturated carbocycles. The lowest BCUT2D eigenvalue weighted by Gasteiger charge is -2.42. The highest BCUT2D eigenvalue weighted by atomic mass is 28.5. The molecule has 0 N–H and O–H groups in total. The first-order chi connectivity index (χ1) is 15.7. The van der Waals surface area contributed by atoms with E-state index in [2.05, 4.69) is 82.0 Å². The summed E-state index contributed by atoms with van der Waals surface area (Å²) in [5, 5.41) is 0. The molecule has 0 amide bonds. The summed E-state index contributed by atoms with van der Waals surface area (Å²) in [6.07, 6.45) is 0. The standard InChI is InChI=1S/C25H58O7Si3/c1-15-29-33(12,20-17-26-23(3,4)5)31-35(14,22-19-28-25(9,10)11)32-34(13,30-16-2)21-18-27-24(6,7)8/h15-22H2,1-14H3. The summed E-state index contributed by atoms with van der Waals surface area (Å²) in [5.74, 6) is 0. The monoisotopic (exact) mass is 554 g/mol. The van der Waals surface area contributed by atoms with Gasteiger partial charge in [0, 0.05) is 51.2 Å². The third-order valence-corrected chi connectivity index (χ3v) is 17.1. The second-order valence-electron chi connectivity index (χ2n) is 12.6.